The summed E-state index contributed by atoms with van der Waals surface area (Å²) in [7, 11) is -3.64. The van der Waals surface area contributed by atoms with Crippen molar-refractivity contribution in [3.8, 4) is 0 Å². The van der Waals surface area contributed by atoms with E-state index in [9.17, 15) is 13.2 Å². The Hall–Kier alpha value is -0.700. The Morgan fingerprint density at radius 1 is 1.35 bits per heavy atom. The molecule has 0 aromatic rings. The molecule has 2 aliphatic heterocycles. The zero-order valence-electron chi connectivity index (χ0n) is 11.9. The lowest BCUT2D eigenvalue weighted by molar-refractivity contribution is -0.142. The van der Waals surface area contributed by atoms with Crippen LogP contribution in [0.25, 0.3) is 0 Å². The summed E-state index contributed by atoms with van der Waals surface area (Å²) in [5.74, 6) is -1.53. The zero-order valence-corrected chi connectivity index (χ0v) is 12.7. The lowest BCUT2D eigenvalue weighted by Crippen LogP contribution is -2.60. The van der Waals surface area contributed by atoms with Gasteiger partial charge in [0.05, 0.1) is 24.7 Å². The maximum Gasteiger partial charge on any atom is 0.307 e. The van der Waals surface area contributed by atoms with E-state index >= 15 is 0 Å². The number of carboxylic acids is 1. The van der Waals surface area contributed by atoms with Crippen molar-refractivity contribution in [1.29, 1.82) is 0 Å². The Labute approximate surface area is 119 Å². The van der Waals surface area contributed by atoms with Gasteiger partial charge in [0.25, 0.3) is 10.2 Å². The van der Waals surface area contributed by atoms with Crippen LogP contribution in [-0.4, -0.2) is 66.5 Å². The van der Waals surface area contributed by atoms with Crippen molar-refractivity contribution in [2.24, 2.45) is 5.92 Å². The van der Waals surface area contributed by atoms with Crippen LogP contribution < -0.4 is 0 Å². The van der Waals surface area contributed by atoms with Gasteiger partial charge in [-0.15, -0.1) is 0 Å². The van der Waals surface area contributed by atoms with Gasteiger partial charge in [0.1, 0.15) is 0 Å². The normalized spacial score (nSPS) is 29.2. The molecule has 0 aliphatic carbocycles. The third kappa shape index (κ3) is 2.98. The summed E-state index contributed by atoms with van der Waals surface area (Å²) < 4.78 is 33.5. The lowest BCUT2D eigenvalue weighted by atomic mass is 10.0. The largest absolute Gasteiger partial charge is 0.481 e. The second-order valence-corrected chi connectivity index (χ2v) is 7.83. The minimum atomic E-state index is -3.64. The molecule has 0 amide bonds. The summed E-state index contributed by atoms with van der Waals surface area (Å²) in [6.07, 6.45) is 1.12. The van der Waals surface area contributed by atoms with E-state index in [1.165, 1.54) is 8.61 Å². The number of rotatable bonds is 3. The minimum Gasteiger partial charge on any atom is -0.481 e. The van der Waals surface area contributed by atoms with Crippen molar-refractivity contribution in [3.63, 3.8) is 0 Å². The van der Waals surface area contributed by atoms with Crippen LogP contribution in [0, 0.1) is 5.92 Å². The average Bonchev–Trinajstić information content (AvgIpc) is 2.38. The van der Waals surface area contributed by atoms with Crippen LogP contribution in [0.2, 0.25) is 0 Å². The van der Waals surface area contributed by atoms with Crippen LogP contribution in [0.4, 0.5) is 0 Å². The van der Waals surface area contributed by atoms with E-state index in [1.807, 2.05) is 13.8 Å². The number of piperidine rings is 1. The van der Waals surface area contributed by atoms with Gasteiger partial charge < -0.3 is 9.84 Å². The smallest absolute Gasteiger partial charge is 0.307 e. The Morgan fingerprint density at radius 3 is 2.65 bits per heavy atom. The molecule has 1 N–H and O–H groups in total. The summed E-state index contributed by atoms with van der Waals surface area (Å²) in [6, 6.07) is 0. The van der Waals surface area contributed by atoms with E-state index in [0.29, 0.717) is 39.1 Å². The predicted molar refractivity (Wildman–Crippen MR) is 72.5 cm³/mol. The van der Waals surface area contributed by atoms with Gasteiger partial charge in [-0.3, -0.25) is 4.79 Å². The molecule has 1 unspecified atom stereocenters. The van der Waals surface area contributed by atoms with E-state index in [1.54, 1.807) is 0 Å². The summed E-state index contributed by atoms with van der Waals surface area (Å²) in [4.78, 5) is 11.1. The second kappa shape index (κ2) is 5.59. The van der Waals surface area contributed by atoms with Crippen LogP contribution in [0.15, 0.2) is 0 Å². The Balaban J connectivity index is 2.19. The molecule has 20 heavy (non-hydrogen) atoms. The molecule has 0 aromatic carbocycles. The van der Waals surface area contributed by atoms with Crippen LogP contribution in [0.3, 0.4) is 0 Å². The molecule has 7 nitrogen and oxygen atoms in total. The van der Waals surface area contributed by atoms with Crippen LogP contribution in [-0.2, 0) is 19.7 Å². The molecule has 1 atom stereocenters. The number of hydrogen-bond donors (Lipinski definition) is 1. The van der Waals surface area contributed by atoms with Gasteiger partial charge in [-0.25, -0.2) is 0 Å². The van der Waals surface area contributed by atoms with Crippen molar-refractivity contribution in [1.82, 2.24) is 8.61 Å². The van der Waals surface area contributed by atoms with Crippen molar-refractivity contribution in [2.45, 2.75) is 32.2 Å². The molecule has 2 rings (SSSR count). The highest BCUT2D eigenvalue weighted by Crippen LogP contribution is 2.28. The molecule has 0 bridgehead atoms. The Kier molecular flexibility index (Phi) is 4.38. The highest BCUT2D eigenvalue weighted by molar-refractivity contribution is 7.86. The van der Waals surface area contributed by atoms with Gasteiger partial charge in [-0.2, -0.15) is 17.0 Å². The van der Waals surface area contributed by atoms with Gasteiger partial charge in [0.2, 0.25) is 0 Å². The quantitative estimate of drug-likeness (QED) is 0.801. The van der Waals surface area contributed by atoms with Crippen LogP contribution in [0.1, 0.15) is 26.7 Å². The standard InChI is InChI=1S/C12H22N2O5S/c1-12(2)9-19-7-6-14(12)20(17,18)13-5-3-4-10(8-13)11(15)16/h10H,3-9H2,1-2H3,(H,15,16). The first kappa shape index (κ1) is 15.7. The molecule has 0 aromatic heterocycles. The number of carbonyl (C=O) groups is 1. The Bertz CT molecular complexity index is 476. The lowest BCUT2D eigenvalue weighted by Gasteiger charge is -2.44. The number of morpholine rings is 1. The summed E-state index contributed by atoms with van der Waals surface area (Å²) in [6.45, 7) is 5.13. The van der Waals surface area contributed by atoms with Crippen molar-refractivity contribution in [2.75, 3.05) is 32.8 Å². The molecule has 2 aliphatic rings. The summed E-state index contributed by atoms with van der Waals surface area (Å²) in [5, 5.41) is 9.08. The van der Waals surface area contributed by atoms with E-state index < -0.39 is 27.6 Å². The number of nitrogens with zero attached hydrogens (tertiary/aromatic N) is 2. The van der Waals surface area contributed by atoms with Gasteiger partial charge in [0, 0.05) is 19.6 Å². The van der Waals surface area contributed by atoms with Crippen LogP contribution >= 0.6 is 0 Å². The van der Waals surface area contributed by atoms with E-state index in [2.05, 4.69) is 0 Å². The molecular formula is C12H22N2O5S. The van der Waals surface area contributed by atoms with E-state index in [0.717, 1.165) is 0 Å². The summed E-state index contributed by atoms with van der Waals surface area (Å²) in [5.41, 5.74) is -0.604. The predicted octanol–water partition coefficient (Wildman–Crippen LogP) is 0.139. The molecule has 0 spiro atoms. The maximum atomic E-state index is 12.7. The van der Waals surface area contributed by atoms with Crippen molar-refractivity contribution >= 4 is 16.2 Å². The fourth-order valence-corrected chi connectivity index (χ4v) is 4.75. The highest BCUT2D eigenvalue weighted by Gasteiger charge is 2.43. The first-order valence-corrected chi connectivity index (χ1v) is 8.23. The number of hydrogen-bond acceptors (Lipinski definition) is 4. The molecule has 2 saturated heterocycles. The van der Waals surface area contributed by atoms with E-state index in [4.69, 9.17) is 9.84 Å². The SMILES string of the molecule is CC1(C)COCCN1S(=O)(=O)N1CCCC(C(=O)O)C1. The summed E-state index contributed by atoms with van der Waals surface area (Å²) >= 11 is 0. The third-order valence-electron chi connectivity index (χ3n) is 3.91. The zero-order chi connectivity index (χ0) is 15.0. The van der Waals surface area contributed by atoms with Gasteiger partial charge in [0.15, 0.2) is 0 Å². The molecule has 8 heteroatoms. The topological polar surface area (TPSA) is 87.2 Å². The number of carboxylic acid groups (broad SMARTS) is 1. The number of ether oxygens (including phenoxy) is 1. The monoisotopic (exact) mass is 306 g/mol. The molecule has 116 valence electrons. The van der Waals surface area contributed by atoms with Crippen LogP contribution in [0.5, 0.6) is 0 Å². The molecule has 0 saturated carbocycles. The fourth-order valence-electron chi connectivity index (χ4n) is 2.76. The molecule has 0 radical (unpaired) electrons. The molecule has 2 fully saturated rings. The Morgan fingerprint density at radius 2 is 2.05 bits per heavy atom. The van der Waals surface area contributed by atoms with Gasteiger partial charge in [-0.05, 0) is 26.7 Å². The van der Waals surface area contributed by atoms with Crippen molar-refractivity contribution in [3.05, 3.63) is 0 Å². The minimum absolute atomic E-state index is 0.0606. The fraction of sp³-hybridized carbons (Fsp3) is 0.917. The van der Waals surface area contributed by atoms with E-state index in [-0.39, 0.29) is 6.54 Å². The second-order valence-electron chi connectivity index (χ2n) is 5.98. The first-order chi connectivity index (χ1) is 9.25. The van der Waals surface area contributed by atoms with Gasteiger partial charge >= 0.3 is 5.97 Å². The maximum absolute atomic E-state index is 12.7. The molecule has 2 heterocycles. The number of aliphatic carboxylic acids is 1. The highest BCUT2D eigenvalue weighted by atomic mass is 32.2. The first-order valence-electron chi connectivity index (χ1n) is 6.83. The van der Waals surface area contributed by atoms with Gasteiger partial charge in [-0.1, -0.05) is 0 Å². The van der Waals surface area contributed by atoms with Crippen molar-refractivity contribution < 1.29 is 23.1 Å². The molecular weight excluding hydrogens is 284 g/mol. The average molecular weight is 306 g/mol. The third-order valence-corrected chi connectivity index (χ3v) is 6.13.